The van der Waals surface area contributed by atoms with Crippen LogP contribution in [0.4, 0.5) is 4.79 Å². The number of piperidine rings is 1. The number of hydrogen-bond donors (Lipinski definition) is 2. The highest BCUT2D eigenvalue weighted by Crippen LogP contribution is 2.23. The highest BCUT2D eigenvalue weighted by Gasteiger charge is 2.37. The molecule has 0 aromatic rings. The molecule has 1 fully saturated rings. The number of hydrogen-bond acceptors (Lipinski definition) is 3. The summed E-state index contributed by atoms with van der Waals surface area (Å²) in [6, 6.07) is -1.09. The number of nitrogens with one attached hydrogen (secondary N) is 1. The monoisotopic (exact) mass is 286 g/mol. The van der Waals surface area contributed by atoms with Crippen LogP contribution in [0.5, 0.6) is 0 Å². The van der Waals surface area contributed by atoms with Gasteiger partial charge in [-0.3, -0.25) is 0 Å². The van der Waals surface area contributed by atoms with E-state index in [1.54, 1.807) is 7.11 Å². The van der Waals surface area contributed by atoms with Gasteiger partial charge in [0, 0.05) is 13.7 Å². The van der Waals surface area contributed by atoms with E-state index in [4.69, 9.17) is 4.74 Å². The maximum atomic E-state index is 12.3. The van der Waals surface area contributed by atoms with E-state index >= 15 is 0 Å². The summed E-state index contributed by atoms with van der Waals surface area (Å²) in [4.78, 5) is 25.1. The molecule has 0 aliphatic carbocycles. The normalized spacial score (nSPS) is 24.2. The molecule has 116 valence electrons. The van der Waals surface area contributed by atoms with Crippen LogP contribution in [0.25, 0.3) is 0 Å². The molecule has 0 bridgehead atoms. The number of aliphatic carboxylic acids is 1. The van der Waals surface area contributed by atoms with Gasteiger partial charge in [0.05, 0.1) is 12.6 Å². The molecule has 0 spiro atoms. The third-order valence-corrected chi connectivity index (χ3v) is 3.78. The van der Waals surface area contributed by atoms with E-state index in [9.17, 15) is 14.7 Å². The zero-order valence-electron chi connectivity index (χ0n) is 12.6. The number of amides is 2. The lowest BCUT2D eigenvalue weighted by molar-refractivity contribution is -0.145. The number of ether oxygens (including phenoxy) is 1. The maximum absolute atomic E-state index is 12.3. The summed E-state index contributed by atoms with van der Waals surface area (Å²) in [7, 11) is 1.60. The molecule has 1 saturated heterocycles. The van der Waals surface area contributed by atoms with E-state index < -0.39 is 12.0 Å². The zero-order chi connectivity index (χ0) is 15.1. The van der Waals surface area contributed by atoms with Gasteiger partial charge in [0.25, 0.3) is 0 Å². The van der Waals surface area contributed by atoms with Crippen LogP contribution in [0, 0.1) is 5.92 Å². The van der Waals surface area contributed by atoms with E-state index in [1.165, 1.54) is 4.90 Å². The quantitative estimate of drug-likeness (QED) is 0.779. The summed E-state index contributed by atoms with van der Waals surface area (Å²) >= 11 is 0. The van der Waals surface area contributed by atoms with Crippen molar-refractivity contribution in [2.24, 2.45) is 5.92 Å². The fourth-order valence-electron chi connectivity index (χ4n) is 2.80. The smallest absolute Gasteiger partial charge is 0.326 e. The van der Waals surface area contributed by atoms with E-state index in [0.29, 0.717) is 13.2 Å². The summed E-state index contributed by atoms with van der Waals surface area (Å²) in [5, 5.41) is 12.2. The number of carbonyl (C=O) groups excluding carboxylic acids is 1. The van der Waals surface area contributed by atoms with Gasteiger partial charge in [-0.1, -0.05) is 20.3 Å². The van der Waals surface area contributed by atoms with Crippen molar-refractivity contribution in [1.82, 2.24) is 10.2 Å². The molecule has 2 N–H and O–H groups in total. The van der Waals surface area contributed by atoms with Crippen molar-refractivity contribution < 1.29 is 19.4 Å². The fourth-order valence-corrected chi connectivity index (χ4v) is 2.80. The number of carboxylic acids is 1. The van der Waals surface area contributed by atoms with E-state index in [1.807, 2.05) is 13.8 Å². The first-order chi connectivity index (χ1) is 9.51. The largest absolute Gasteiger partial charge is 0.480 e. The third kappa shape index (κ3) is 4.37. The number of rotatable bonds is 6. The summed E-state index contributed by atoms with van der Waals surface area (Å²) in [5.74, 6) is -0.940. The van der Waals surface area contributed by atoms with Crippen LogP contribution >= 0.6 is 0 Å². The molecular formula is C14H26N2O4. The summed E-state index contributed by atoms with van der Waals surface area (Å²) < 4.78 is 5.09. The molecule has 1 rings (SSSR count). The third-order valence-electron chi connectivity index (χ3n) is 3.78. The lowest BCUT2D eigenvalue weighted by Gasteiger charge is -2.38. The van der Waals surface area contributed by atoms with Crippen molar-refractivity contribution in [3.63, 3.8) is 0 Å². The highest BCUT2D eigenvalue weighted by molar-refractivity contribution is 5.83. The van der Waals surface area contributed by atoms with Gasteiger partial charge in [-0.15, -0.1) is 0 Å². The Balaban J connectivity index is 2.69. The second-order valence-electron chi connectivity index (χ2n) is 5.49. The molecule has 0 saturated carbocycles. The Morgan fingerprint density at radius 2 is 2.20 bits per heavy atom. The number of methoxy groups -OCH3 is 1. The summed E-state index contributed by atoms with van der Waals surface area (Å²) in [6.45, 7) is 4.87. The Kier molecular flexibility index (Phi) is 6.78. The Bertz CT molecular complexity index is 329. The van der Waals surface area contributed by atoms with E-state index in [2.05, 4.69) is 5.32 Å². The van der Waals surface area contributed by atoms with Gasteiger partial charge >= 0.3 is 12.0 Å². The zero-order valence-corrected chi connectivity index (χ0v) is 12.6. The van der Waals surface area contributed by atoms with E-state index in [0.717, 1.165) is 25.7 Å². The van der Waals surface area contributed by atoms with Crippen molar-refractivity contribution in [3.8, 4) is 0 Å². The predicted molar refractivity (Wildman–Crippen MR) is 75.6 cm³/mol. The molecule has 20 heavy (non-hydrogen) atoms. The molecule has 3 unspecified atom stereocenters. The van der Waals surface area contributed by atoms with Crippen molar-refractivity contribution >= 4 is 12.0 Å². The van der Waals surface area contributed by atoms with Crippen LogP contribution in [-0.4, -0.2) is 54.4 Å². The number of likely N-dealkylation sites (tertiary alicyclic amines) is 1. The lowest BCUT2D eigenvalue weighted by atomic mass is 9.91. The molecule has 1 aliphatic rings. The number of urea groups is 1. The van der Waals surface area contributed by atoms with Crippen molar-refractivity contribution in [3.05, 3.63) is 0 Å². The van der Waals surface area contributed by atoms with Gasteiger partial charge in [0.15, 0.2) is 0 Å². The fraction of sp³-hybridized carbons (Fsp3) is 0.857. The van der Waals surface area contributed by atoms with Gasteiger partial charge in [-0.05, 0) is 25.2 Å². The molecule has 1 aliphatic heterocycles. The van der Waals surface area contributed by atoms with Crippen LogP contribution < -0.4 is 5.32 Å². The van der Waals surface area contributed by atoms with Crippen molar-refractivity contribution in [2.45, 2.75) is 51.6 Å². The number of nitrogens with zero attached hydrogens (tertiary/aromatic N) is 1. The van der Waals surface area contributed by atoms with Crippen LogP contribution in [-0.2, 0) is 9.53 Å². The summed E-state index contributed by atoms with van der Waals surface area (Å²) in [5.41, 5.74) is 0. The average Bonchev–Trinajstić information content (AvgIpc) is 2.38. The van der Waals surface area contributed by atoms with Gasteiger partial charge < -0.3 is 20.1 Å². The minimum absolute atomic E-state index is 0.0148. The van der Waals surface area contributed by atoms with Crippen LogP contribution in [0.1, 0.15) is 39.5 Å². The highest BCUT2D eigenvalue weighted by atomic mass is 16.5. The molecule has 0 aromatic carbocycles. The molecule has 0 radical (unpaired) electrons. The van der Waals surface area contributed by atoms with Crippen LogP contribution in [0.2, 0.25) is 0 Å². The molecule has 0 aromatic heterocycles. The second-order valence-corrected chi connectivity index (χ2v) is 5.49. The Morgan fingerprint density at radius 3 is 2.75 bits per heavy atom. The Labute approximate surface area is 120 Å². The summed E-state index contributed by atoms with van der Waals surface area (Å²) in [6.07, 6.45) is 3.45. The van der Waals surface area contributed by atoms with Crippen LogP contribution in [0.15, 0.2) is 0 Å². The average molecular weight is 286 g/mol. The van der Waals surface area contributed by atoms with Crippen LogP contribution in [0.3, 0.4) is 0 Å². The molecule has 1 heterocycles. The minimum Gasteiger partial charge on any atom is -0.480 e. The minimum atomic E-state index is -0.925. The van der Waals surface area contributed by atoms with Crippen molar-refractivity contribution in [2.75, 3.05) is 20.3 Å². The first-order valence-corrected chi connectivity index (χ1v) is 7.30. The first kappa shape index (κ1) is 16.8. The van der Waals surface area contributed by atoms with Gasteiger partial charge in [-0.25, -0.2) is 9.59 Å². The van der Waals surface area contributed by atoms with E-state index in [-0.39, 0.29) is 18.0 Å². The molecule has 6 heteroatoms. The predicted octanol–water partition coefficient (Wildman–Crippen LogP) is 1.70. The Hall–Kier alpha value is -1.30. The first-order valence-electron chi connectivity index (χ1n) is 7.30. The second kappa shape index (κ2) is 8.09. The topological polar surface area (TPSA) is 78.9 Å². The molecular weight excluding hydrogens is 260 g/mol. The number of carboxylic acid groups (broad SMARTS) is 1. The maximum Gasteiger partial charge on any atom is 0.326 e. The van der Waals surface area contributed by atoms with Gasteiger partial charge in [-0.2, -0.15) is 0 Å². The molecule has 3 atom stereocenters. The lowest BCUT2D eigenvalue weighted by Crippen LogP contribution is -2.57. The molecule has 6 nitrogen and oxygen atoms in total. The van der Waals surface area contributed by atoms with Crippen molar-refractivity contribution in [1.29, 1.82) is 0 Å². The SMILES string of the molecule is CCCC(COC)NC(=O)N1CCCC(C)C1C(=O)O. The standard InChI is InChI=1S/C14H26N2O4/c1-4-6-11(9-20-3)15-14(19)16-8-5-7-10(2)12(16)13(17)18/h10-12H,4-9H2,1-3H3,(H,15,19)(H,17,18). The van der Waals surface area contributed by atoms with Gasteiger partial charge in [0.1, 0.15) is 6.04 Å². The van der Waals surface area contributed by atoms with Gasteiger partial charge in [0.2, 0.25) is 0 Å². The Morgan fingerprint density at radius 1 is 1.50 bits per heavy atom. The number of carbonyl (C=O) groups is 2. The molecule has 2 amide bonds.